The van der Waals surface area contributed by atoms with Crippen LogP contribution in [0.1, 0.15) is 25.8 Å². The molecule has 0 aromatic heterocycles. The Morgan fingerprint density at radius 3 is 2.70 bits per heavy atom. The largest absolute Gasteiger partial charge is 0.416 e. The van der Waals surface area contributed by atoms with Crippen LogP contribution < -0.4 is 4.90 Å². The number of amidine groups is 1. The fourth-order valence-electron chi connectivity index (χ4n) is 3.08. The quantitative estimate of drug-likeness (QED) is 0.750. The van der Waals surface area contributed by atoms with Crippen molar-refractivity contribution in [2.45, 2.75) is 37.7 Å². The average molecular weight is 420 g/mol. The molecule has 10 heteroatoms. The number of sulfone groups is 1. The summed E-state index contributed by atoms with van der Waals surface area (Å²) in [6.45, 7) is 3.57. The monoisotopic (exact) mass is 420 g/mol. The van der Waals surface area contributed by atoms with Gasteiger partial charge in [0.15, 0.2) is 15.0 Å². The fourth-order valence-corrected chi connectivity index (χ4v) is 7.00. The van der Waals surface area contributed by atoms with Gasteiger partial charge in [-0.1, -0.05) is 31.7 Å². The van der Waals surface area contributed by atoms with E-state index in [-0.39, 0.29) is 39.4 Å². The van der Waals surface area contributed by atoms with Crippen molar-refractivity contribution in [3.63, 3.8) is 0 Å². The van der Waals surface area contributed by atoms with E-state index in [2.05, 4.69) is 4.99 Å². The molecule has 1 aromatic carbocycles. The zero-order valence-electron chi connectivity index (χ0n) is 14.7. The molecule has 0 unspecified atom stereocenters. The molecule has 5 nitrogen and oxygen atoms in total. The first-order chi connectivity index (χ1) is 12.5. The number of hydrogen-bond acceptors (Lipinski definition) is 4. The number of nitrogens with zero attached hydrogens (tertiary/aromatic N) is 2. The molecule has 0 spiro atoms. The Morgan fingerprint density at radius 1 is 1.37 bits per heavy atom. The number of benzene rings is 1. The molecule has 2 fully saturated rings. The normalized spacial score (nSPS) is 27.0. The molecular formula is C17H19F3N2O3S2. The molecule has 2 saturated heterocycles. The summed E-state index contributed by atoms with van der Waals surface area (Å²) in [4.78, 5) is 17.9. The molecule has 0 aliphatic carbocycles. The van der Waals surface area contributed by atoms with Gasteiger partial charge in [0.1, 0.15) is 0 Å². The SMILES string of the molecule is CC[C@H](C)C(=O)N=C1S[C@@H]2CS(=O)(=O)C[C@H]2N1c1cccc(C(F)(F)F)c1. The van der Waals surface area contributed by atoms with Crippen LogP contribution >= 0.6 is 11.8 Å². The van der Waals surface area contributed by atoms with E-state index in [9.17, 15) is 26.4 Å². The van der Waals surface area contributed by atoms with E-state index in [4.69, 9.17) is 0 Å². The average Bonchev–Trinajstić information content (AvgIpc) is 3.04. The third-order valence-electron chi connectivity index (χ3n) is 4.76. The summed E-state index contributed by atoms with van der Waals surface area (Å²) in [6, 6.07) is 4.14. The van der Waals surface area contributed by atoms with Crippen molar-refractivity contribution in [3.05, 3.63) is 29.8 Å². The third-order valence-corrected chi connectivity index (χ3v) is 7.97. The minimum absolute atomic E-state index is 0.0751. The fraction of sp³-hybridized carbons (Fsp3) is 0.529. The summed E-state index contributed by atoms with van der Waals surface area (Å²) in [7, 11) is -3.28. The van der Waals surface area contributed by atoms with E-state index in [0.29, 0.717) is 6.42 Å². The number of aliphatic imine (C=N–C) groups is 1. The number of carbonyl (C=O) groups is 1. The molecule has 3 rings (SSSR count). The zero-order valence-corrected chi connectivity index (χ0v) is 16.4. The Hall–Kier alpha value is -1.55. The van der Waals surface area contributed by atoms with Gasteiger partial charge in [0.05, 0.1) is 23.1 Å². The molecule has 2 aliphatic rings. The van der Waals surface area contributed by atoms with E-state index >= 15 is 0 Å². The molecule has 0 saturated carbocycles. The molecule has 0 radical (unpaired) electrons. The van der Waals surface area contributed by atoms with Crippen LogP contribution in [0.3, 0.4) is 0 Å². The molecule has 1 amide bonds. The Kier molecular flexibility index (Phi) is 5.33. The van der Waals surface area contributed by atoms with E-state index in [0.717, 1.165) is 23.9 Å². The van der Waals surface area contributed by atoms with Gasteiger partial charge in [-0.25, -0.2) is 8.42 Å². The first-order valence-electron chi connectivity index (χ1n) is 8.48. The highest BCUT2D eigenvalue weighted by atomic mass is 32.2. The van der Waals surface area contributed by atoms with Crippen LogP contribution in [-0.4, -0.2) is 42.3 Å². The molecule has 1 aromatic rings. The Balaban J connectivity index is 2.04. The number of rotatable bonds is 3. The highest BCUT2D eigenvalue weighted by Gasteiger charge is 2.49. The summed E-state index contributed by atoms with van der Waals surface area (Å²) in [5.41, 5.74) is -0.639. The molecule has 3 atom stereocenters. The van der Waals surface area contributed by atoms with Crippen molar-refractivity contribution < 1.29 is 26.4 Å². The lowest BCUT2D eigenvalue weighted by Gasteiger charge is -2.25. The van der Waals surface area contributed by atoms with Gasteiger partial charge in [0, 0.05) is 16.9 Å². The van der Waals surface area contributed by atoms with Gasteiger partial charge in [0.25, 0.3) is 5.91 Å². The Morgan fingerprint density at radius 2 is 2.07 bits per heavy atom. The minimum atomic E-state index is -4.52. The number of fused-ring (bicyclic) bond motifs is 1. The highest BCUT2D eigenvalue weighted by Crippen LogP contribution is 2.42. The van der Waals surface area contributed by atoms with Crippen molar-refractivity contribution in [1.29, 1.82) is 0 Å². The summed E-state index contributed by atoms with van der Waals surface area (Å²) in [5.74, 6) is -0.920. The molecule has 0 N–H and O–H groups in total. The first kappa shape index (κ1) is 20.2. The smallest absolute Gasteiger partial charge is 0.316 e. The molecule has 2 heterocycles. The number of amides is 1. The van der Waals surface area contributed by atoms with Crippen LogP contribution in [0.15, 0.2) is 29.3 Å². The highest BCUT2D eigenvalue weighted by molar-refractivity contribution is 8.16. The standard InChI is InChI=1S/C17H19F3N2O3S2/c1-3-10(2)15(23)21-16-22(13-8-27(24,25)9-14(13)26-16)12-6-4-5-11(7-12)17(18,19)20/h4-7,10,13-14H,3,8-9H2,1-2H3/t10-,13+,14+/m0/s1. The Labute approximate surface area is 159 Å². The van der Waals surface area contributed by atoms with Gasteiger partial charge in [0.2, 0.25) is 0 Å². The molecule has 0 bridgehead atoms. The van der Waals surface area contributed by atoms with Crippen LogP contribution in [-0.2, 0) is 20.8 Å². The first-order valence-corrected chi connectivity index (χ1v) is 11.2. The number of alkyl halides is 3. The van der Waals surface area contributed by atoms with E-state index < -0.39 is 27.6 Å². The van der Waals surface area contributed by atoms with E-state index in [1.807, 2.05) is 6.92 Å². The lowest BCUT2D eigenvalue weighted by Crippen LogP contribution is -2.38. The molecule has 2 aliphatic heterocycles. The summed E-state index contributed by atoms with van der Waals surface area (Å²) >= 11 is 1.15. The maximum atomic E-state index is 13.1. The second-order valence-electron chi connectivity index (χ2n) is 6.76. The van der Waals surface area contributed by atoms with Crippen molar-refractivity contribution in [2.75, 3.05) is 16.4 Å². The van der Waals surface area contributed by atoms with Gasteiger partial charge >= 0.3 is 6.18 Å². The molecule has 27 heavy (non-hydrogen) atoms. The topological polar surface area (TPSA) is 66.8 Å². The second kappa shape index (κ2) is 7.12. The number of carbonyl (C=O) groups excluding carboxylic acids is 1. The predicted octanol–water partition coefficient (Wildman–Crippen LogP) is 3.35. The van der Waals surface area contributed by atoms with Crippen molar-refractivity contribution in [2.24, 2.45) is 10.9 Å². The van der Waals surface area contributed by atoms with Crippen LogP contribution in [0.4, 0.5) is 18.9 Å². The maximum absolute atomic E-state index is 13.1. The van der Waals surface area contributed by atoms with Gasteiger partial charge in [-0.3, -0.25) is 4.79 Å². The zero-order chi connectivity index (χ0) is 20.0. The van der Waals surface area contributed by atoms with Crippen LogP contribution in [0.25, 0.3) is 0 Å². The van der Waals surface area contributed by atoms with Crippen molar-refractivity contribution >= 4 is 38.4 Å². The minimum Gasteiger partial charge on any atom is -0.316 e. The molecular weight excluding hydrogens is 401 g/mol. The van der Waals surface area contributed by atoms with Crippen molar-refractivity contribution in [1.82, 2.24) is 0 Å². The van der Waals surface area contributed by atoms with Crippen LogP contribution in [0.2, 0.25) is 0 Å². The van der Waals surface area contributed by atoms with Gasteiger partial charge < -0.3 is 4.90 Å². The van der Waals surface area contributed by atoms with Gasteiger partial charge in [-0.15, -0.1) is 0 Å². The van der Waals surface area contributed by atoms with E-state index in [1.54, 1.807) is 6.92 Å². The van der Waals surface area contributed by atoms with Gasteiger partial charge in [-0.05, 0) is 24.6 Å². The van der Waals surface area contributed by atoms with Crippen molar-refractivity contribution in [3.8, 4) is 0 Å². The third kappa shape index (κ3) is 4.16. The van der Waals surface area contributed by atoms with Crippen LogP contribution in [0.5, 0.6) is 0 Å². The maximum Gasteiger partial charge on any atom is 0.416 e. The van der Waals surface area contributed by atoms with Gasteiger partial charge in [-0.2, -0.15) is 18.2 Å². The Bertz CT molecular complexity index is 884. The summed E-state index contributed by atoms with van der Waals surface area (Å²) in [6.07, 6.45) is -3.93. The number of thioether (sulfide) groups is 1. The number of hydrogen-bond donors (Lipinski definition) is 0. The summed E-state index contributed by atoms with van der Waals surface area (Å²) in [5, 5.41) is -0.0856. The predicted molar refractivity (Wildman–Crippen MR) is 99.6 cm³/mol. The second-order valence-corrected chi connectivity index (χ2v) is 10.1. The van der Waals surface area contributed by atoms with Crippen LogP contribution in [0, 0.1) is 5.92 Å². The lowest BCUT2D eigenvalue weighted by atomic mass is 10.1. The number of anilines is 1. The van der Waals surface area contributed by atoms with E-state index in [1.165, 1.54) is 17.0 Å². The number of halogens is 3. The molecule has 148 valence electrons. The lowest BCUT2D eigenvalue weighted by molar-refractivity contribution is -0.137. The summed E-state index contributed by atoms with van der Waals surface area (Å²) < 4.78 is 63.3.